The Labute approximate surface area is 140 Å². The predicted octanol–water partition coefficient (Wildman–Crippen LogP) is 1.75. The molecule has 24 heavy (non-hydrogen) atoms. The van der Waals surface area contributed by atoms with E-state index >= 15 is 0 Å². The number of cyclic esters (lactones) is 1. The highest BCUT2D eigenvalue weighted by Crippen LogP contribution is 2.29. The van der Waals surface area contributed by atoms with Crippen LogP contribution in [0.2, 0.25) is 0 Å². The van der Waals surface area contributed by atoms with Crippen molar-refractivity contribution in [1.82, 2.24) is 10.2 Å². The van der Waals surface area contributed by atoms with Crippen molar-refractivity contribution < 1.29 is 19.1 Å². The van der Waals surface area contributed by atoms with Crippen molar-refractivity contribution in [3.63, 3.8) is 0 Å². The van der Waals surface area contributed by atoms with Crippen LogP contribution in [0.25, 0.3) is 0 Å². The molecular weight excluding hydrogens is 308 g/mol. The van der Waals surface area contributed by atoms with Gasteiger partial charge < -0.3 is 4.74 Å². The Morgan fingerprint density at radius 2 is 2.17 bits per heavy atom. The minimum atomic E-state index is -0.650. The smallest absolute Gasteiger partial charge is 0.411 e. The fourth-order valence-electron chi connectivity index (χ4n) is 2.89. The van der Waals surface area contributed by atoms with Gasteiger partial charge >= 0.3 is 6.09 Å². The zero-order valence-corrected chi connectivity index (χ0v) is 13.4. The Morgan fingerprint density at radius 1 is 1.33 bits per heavy atom. The summed E-state index contributed by atoms with van der Waals surface area (Å²) in [5.41, 5.74) is 1.71. The highest BCUT2D eigenvalue weighted by molar-refractivity contribution is 6.01. The summed E-state index contributed by atoms with van der Waals surface area (Å²) in [4.78, 5) is 36.8. The molecule has 2 aliphatic heterocycles. The largest absolute Gasteiger partial charge is 0.439 e. The maximum atomic E-state index is 12.2. The van der Waals surface area contributed by atoms with Gasteiger partial charge in [0, 0.05) is 18.4 Å². The fourth-order valence-corrected chi connectivity index (χ4v) is 2.89. The summed E-state index contributed by atoms with van der Waals surface area (Å²) in [5.74, 6) is 5.32. The van der Waals surface area contributed by atoms with E-state index in [0.29, 0.717) is 6.42 Å². The molecule has 0 radical (unpaired) electrons. The number of benzene rings is 1. The molecule has 2 fully saturated rings. The van der Waals surface area contributed by atoms with Gasteiger partial charge in [-0.1, -0.05) is 30.9 Å². The molecule has 1 N–H and O–H groups in total. The second kappa shape index (κ2) is 6.75. The van der Waals surface area contributed by atoms with Crippen molar-refractivity contribution in [2.45, 2.75) is 38.3 Å². The van der Waals surface area contributed by atoms with Crippen molar-refractivity contribution in [3.8, 4) is 11.8 Å². The summed E-state index contributed by atoms with van der Waals surface area (Å²) in [6, 6.07) is 6.90. The number of nitrogens with zero attached hydrogens (tertiary/aromatic N) is 1. The highest BCUT2D eigenvalue weighted by atomic mass is 16.6. The van der Waals surface area contributed by atoms with Crippen LogP contribution < -0.4 is 5.32 Å². The number of carbonyl (C=O) groups excluding carboxylic acids is 3. The molecule has 6 nitrogen and oxygen atoms in total. The molecule has 6 heteroatoms. The highest BCUT2D eigenvalue weighted by Gasteiger charge is 2.41. The Hall–Kier alpha value is -2.81. The van der Waals surface area contributed by atoms with Crippen LogP contribution >= 0.6 is 0 Å². The van der Waals surface area contributed by atoms with Crippen LogP contribution in [0.4, 0.5) is 4.79 Å². The number of nitrogens with one attached hydrogen (secondary N) is 1. The van der Waals surface area contributed by atoms with Gasteiger partial charge in [-0.15, -0.1) is 0 Å². The molecule has 0 bridgehead atoms. The van der Waals surface area contributed by atoms with Gasteiger partial charge in [-0.3, -0.25) is 19.8 Å². The summed E-state index contributed by atoms with van der Waals surface area (Å²) in [6.45, 7) is 2.27. The average Bonchev–Trinajstić information content (AvgIpc) is 2.95. The number of carbonyl (C=O) groups is 3. The first-order valence-corrected chi connectivity index (χ1v) is 7.98. The fraction of sp³-hybridized carbons (Fsp3) is 0.389. The van der Waals surface area contributed by atoms with Crippen molar-refractivity contribution in [2.75, 3.05) is 6.54 Å². The monoisotopic (exact) mass is 326 g/mol. The zero-order valence-electron chi connectivity index (χ0n) is 13.4. The van der Waals surface area contributed by atoms with E-state index in [-0.39, 0.29) is 18.9 Å². The summed E-state index contributed by atoms with van der Waals surface area (Å²) >= 11 is 0. The Bertz CT molecular complexity index is 747. The Kier molecular flexibility index (Phi) is 4.52. The molecule has 0 saturated carbocycles. The van der Waals surface area contributed by atoms with Gasteiger partial charge in [-0.2, -0.15) is 0 Å². The molecule has 0 aromatic heterocycles. The van der Waals surface area contributed by atoms with E-state index in [0.717, 1.165) is 17.5 Å². The number of rotatable bonds is 2. The van der Waals surface area contributed by atoms with E-state index in [1.54, 1.807) is 0 Å². The maximum Gasteiger partial charge on any atom is 0.411 e. The van der Waals surface area contributed by atoms with Gasteiger partial charge in [0.1, 0.15) is 12.1 Å². The third kappa shape index (κ3) is 3.25. The molecule has 124 valence electrons. The quantitative estimate of drug-likeness (QED) is 0.663. The van der Waals surface area contributed by atoms with Crippen LogP contribution in [-0.4, -0.2) is 35.4 Å². The van der Waals surface area contributed by atoms with Crippen LogP contribution in [0.5, 0.6) is 0 Å². The summed E-state index contributed by atoms with van der Waals surface area (Å²) in [5, 5.41) is 2.27. The van der Waals surface area contributed by atoms with Crippen molar-refractivity contribution in [1.29, 1.82) is 0 Å². The van der Waals surface area contributed by atoms with Crippen LogP contribution in [0.1, 0.15) is 43.4 Å². The molecule has 3 amide bonds. The molecule has 1 aromatic rings. The SMILES string of the molecule is CCC#Cc1cccc([C@H]2CN(C3CCC(=O)NC3=O)C(=O)O2)c1. The first kappa shape index (κ1) is 16.1. The van der Waals surface area contributed by atoms with E-state index in [1.165, 1.54) is 4.90 Å². The summed E-state index contributed by atoms with van der Waals surface area (Å²) in [6.07, 6.45) is 0.360. The normalized spacial score (nSPS) is 23.4. The van der Waals surface area contributed by atoms with E-state index < -0.39 is 24.1 Å². The van der Waals surface area contributed by atoms with Gasteiger partial charge in [0.2, 0.25) is 11.8 Å². The van der Waals surface area contributed by atoms with Crippen molar-refractivity contribution >= 4 is 17.9 Å². The minimum absolute atomic E-state index is 0.229. The van der Waals surface area contributed by atoms with Gasteiger partial charge in [-0.05, 0) is 24.1 Å². The van der Waals surface area contributed by atoms with Gasteiger partial charge in [-0.25, -0.2) is 4.79 Å². The second-order valence-electron chi connectivity index (χ2n) is 5.77. The van der Waals surface area contributed by atoms with E-state index in [9.17, 15) is 14.4 Å². The lowest BCUT2D eigenvalue weighted by atomic mass is 10.0. The number of hydrogen-bond donors (Lipinski definition) is 1. The van der Waals surface area contributed by atoms with Crippen molar-refractivity contribution in [2.24, 2.45) is 0 Å². The zero-order chi connectivity index (χ0) is 17.1. The lowest BCUT2D eigenvalue weighted by Gasteiger charge is -2.27. The lowest BCUT2D eigenvalue weighted by molar-refractivity contribution is -0.136. The molecule has 2 heterocycles. The predicted molar refractivity (Wildman–Crippen MR) is 85.7 cm³/mol. The minimum Gasteiger partial charge on any atom is -0.439 e. The topological polar surface area (TPSA) is 75.7 Å². The Balaban J connectivity index is 1.75. The molecule has 1 unspecified atom stereocenters. The van der Waals surface area contributed by atoms with E-state index in [4.69, 9.17) is 4.74 Å². The van der Waals surface area contributed by atoms with Gasteiger partial charge in [0.15, 0.2) is 0 Å². The average molecular weight is 326 g/mol. The van der Waals surface area contributed by atoms with Gasteiger partial charge in [0.25, 0.3) is 0 Å². The molecule has 2 atom stereocenters. The number of hydrogen-bond acceptors (Lipinski definition) is 4. The van der Waals surface area contributed by atoms with E-state index in [1.807, 2.05) is 31.2 Å². The summed E-state index contributed by atoms with van der Waals surface area (Å²) in [7, 11) is 0. The number of piperidine rings is 1. The molecular formula is C18H18N2O4. The molecule has 2 saturated heterocycles. The number of amides is 3. The van der Waals surface area contributed by atoms with Crippen LogP contribution in [-0.2, 0) is 14.3 Å². The van der Waals surface area contributed by atoms with Crippen molar-refractivity contribution in [3.05, 3.63) is 35.4 Å². The maximum absolute atomic E-state index is 12.2. The molecule has 0 spiro atoms. The van der Waals surface area contributed by atoms with Crippen LogP contribution in [0, 0.1) is 11.8 Å². The lowest BCUT2D eigenvalue weighted by Crippen LogP contribution is -2.52. The molecule has 3 rings (SSSR count). The molecule has 0 aliphatic carbocycles. The molecule has 2 aliphatic rings. The standard InChI is InChI=1S/C18H18N2O4/c1-2-3-5-12-6-4-7-13(10-12)15-11-20(18(23)24-15)14-8-9-16(21)19-17(14)22/h4,6-7,10,14-15H,2,8-9,11H2,1H3,(H,19,21,22)/t14?,15-/m1/s1. The third-order valence-electron chi connectivity index (χ3n) is 4.09. The van der Waals surface area contributed by atoms with E-state index in [2.05, 4.69) is 17.2 Å². The number of ether oxygens (including phenoxy) is 1. The van der Waals surface area contributed by atoms with Crippen LogP contribution in [0.3, 0.4) is 0 Å². The Morgan fingerprint density at radius 3 is 2.92 bits per heavy atom. The van der Waals surface area contributed by atoms with Gasteiger partial charge in [0.05, 0.1) is 6.54 Å². The van der Waals surface area contributed by atoms with Crippen LogP contribution in [0.15, 0.2) is 24.3 Å². The summed E-state index contributed by atoms with van der Waals surface area (Å²) < 4.78 is 5.42. The second-order valence-corrected chi connectivity index (χ2v) is 5.77. The first-order chi connectivity index (χ1) is 11.6. The third-order valence-corrected chi connectivity index (χ3v) is 4.09. The molecule has 1 aromatic carbocycles. The number of imide groups is 1. The first-order valence-electron chi connectivity index (χ1n) is 7.98.